The van der Waals surface area contributed by atoms with Crippen LogP contribution in [0.15, 0.2) is 51.8 Å². The Hall–Kier alpha value is -2.19. The smallest absolute Gasteiger partial charge is 0.252 e. The van der Waals surface area contributed by atoms with Gasteiger partial charge in [-0.3, -0.25) is 10.1 Å². The van der Waals surface area contributed by atoms with Crippen LogP contribution in [0.2, 0.25) is 0 Å². The molecule has 0 saturated carbocycles. The van der Waals surface area contributed by atoms with Crippen molar-refractivity contribution in [1.29, 1.82) is 0 Å². The predicted molar refractivity (Wildman–Crippen MR) is 116 cm³/mol. The van der Waals surface area contributed by atoms with Gasteiger partial charge in [-0.05, 0) is 30.4 Å². The Balaban J connectivity index is 1.61. The third-order valence-electron chi connectivity index (χ3n) is 4.91. The molecule has 2 aromatic carbocycles. The third-order valence-corrected chi connectivity index (χ3v) is 6.68. The van der Waals surface area contributed by atoms with Gasteiger partial charge in [0, 0.05) is 37.9 Å². The summed E-state index contributed by atoms with van der Waals surface area (Å²) in [7, 11) is 1.63. The van der Waals surface area contributed by atoms with Gasteiger partial charge in [-0.15, -0.1) is 11.8 Å². The van der Waals surface area contributed by atoms with E-state index < -0.39 is 6.29 Å². The molecule has 0 fully saturated rings. The minimum Gasteiger partial charge on any atom is -0.497 e. The topological polar surface area (TPSA) is 70.8 Å². The maximum absolute atomic E-state index is 10.6. The molecule has 29 heavy (non-hydrogen) atoms. The van der Waals surface area contributed by atoms with Crippen LogP contribution in [0, 0.1) is 10.1 Å². The lowest BCUT2D eigenvalue weighted by Crippen LogP contribution is -2.16. The van der Waals surface area contributed by atoms with E-state index in [1.54, 1.807) is 18.9 Å². The number of nitro groups is 1. The number of hydrogen-bond donors (Lipinski definition) is 0. The van der Waals surface area contributed by atoms with Crippen molar-refractivity contribution in [1.82, 2.24) is 0 Å². The van der Waals surface area contributed by atoms with Gasteiger partial charge < -0.3 is 14.2 Å². The standard InChI is InChI=1S/C21H20BrNO5S/c1-26-15-8-9-16-17(12-15)27-21-18(16)20(29-11-3-2-10-23(24)25)19(28-21)13-4-6-14(22)7-5-13/h4-9,12,18,21H,2-3,10-11H2,1H3. The number of unbranched alkanes of at least 4 members (excludes halogenated alkanes) is 1. The molecule has 2 heterocycles. The molecule has 0 aliphatic carbocycles. The number of ether oxygens (including phenoxy) is 3. The quantitative estimate of drug-likeness (QED) is 0.286. The minimum absolute atomic E-state index is 0.00457. The minimum atomic E-state index is -0.406. The maximum Gasteiger partial charge on any atom is 0.252 e. The van der Waals surface area contributed by atoms with E-state index in [9.17, 15) is 10.1 Å². The molecule has 8 heteroatoms. The van der Waals surface area contributed by atoms with Crippen LogP contribution in [0.3, 0.4) is 0 Å². The molecule has 6 nitrogen and oxygen atoms in total. The van der Waals surface area contributed by atoms with E-state index in [2.05, 4.69) is 15.9 Å². The zero-order valence-corrected chi connectivity index (χ0v) is 18.2. The van der Waals surface area contributed by atoms with Gasteiger partial charge in [0.15, 0.2) is 0 Å². The highest BCUT2D eigenvalue weighted by molar-refractivity contribution is 9.10. The Morgan fingerprint density at radius 2 is 1.97 bits per heavy atom. The second-order valence-corrected chi connectivity index (χ2v) is 8.85. The molecule has 0 bridgehead atoms. The second-order valence-electron chi connectivity index (χ2n) is 6.80. The van der Waals surface area contributed by atoms with E-state index in [-0.39, 0.29) is 17.4 Å². The van der Waals surface area contributed by atoms with Crippen LogP contribution in [-0.2, 0) is 4.74 Å². The third kappa shape index (κ3) is 4.23. The van der Waals surface area contributed by atoms with Gasteiger partial charge in [0.1, 0.15) is 17.3 Å². The number of fused-ring (bicyclic) bond motifs is 3. The summed E-state index contributed by atoms with van der Waals surface area (Å²) in [5, 5.41) is 10.6. The SMILES string of the molecule is COc1ccc2c(c1)OC1OC(c3ccc(Br)cc3)=C(SCCCC[N+](=O)[O-])C21. The average Bonchev–Trinajstić information content (AvgIpc) is 3.23. The molecule has 2 aromatic rings. The highest BCUT2D eigenvalue weighted by Gasteiger charge is 2.46. The molecule has 2 aliphatic rings. The van der Waals surface area contributed by atoms with E-state index in [0.29, 0.717) is 6.42 Å². The number of halogens is 1. The predicted octanol–water partition coefficient (Wildman–Crippen LogP) is 5.45. The van der Waals surface area contributed by atoms with Crippen molar-refractivity contribution in [2.75, 3.05) is 19.4 Å². The fraction of sp³-hybridized carbons (Fsp3) is 0.333. The van der Waals surface area contributed by atoms with Gasteiger partial charge >= 0.3 is 0 Å². The molecule has 0 radical (unpaired) electrons. The molecule has 152 valence electrons. The summed E-state index contributed by atoms with van der Waals surface area (Å²) < 4.78 is 18.6. The Labute approximate surface area is 181 Å². The summed E-state index contributed by atoms with van der Waals surface area (Å²) >= 11 is 5.17. The first-order chi connectivity index (χ1) is 14.1. The number of hydrogen-bond acceptors (Lipinski definition) is 6. The van der Waals surface area contributed by atoms with Crippen molar-refractivity contribution < 1.29 is 19.1 Å². The summed E-state index contributed by atoms with van der Waals surface area (Å²) in [5.41, 5.74) is 2.07. The van der Waals surface area contributed by atoms with Gasteiger partial charge in [0.25, 0.3) is 6.29 Å². The number of benzene rings is 2. The maximum atomic E-state index is 10.6. The largest absolute Gasteiger partial charge is 0.497 e. The second kappa shape index (κ2) is 8.67. The van der Waals surface area contributed by atoms with Crippen molar-refractivity contribution >= 4 is 33.5 Å². The van der Waals surface area contributed by atoms with Gasteiger partial charge in [-0.1, -0.05) is 34.1 Å². The molecule has 0 aromatic heterocycles. The van der Waals surface area contributed by atoms with Crippen molar-refractivity contribution in [3.63, 3.8) is 0 Å². The van der Waals surface area contributed by atoms with Crippen molar-refractivity contribution in [3.05, 3.63) is 73.1 Å². The van der Waals surface area contributed by atoms with E-state index in [1.807, 2.05) is 42.5 Å². The molecule has 0 saturated heterocycles. The summed E-state index contributed by atoms with van der Waals surface area (Å²) in [4.78, 5) is 11.4. The van der Waals surface area contributed by atoms with Crippen LogP contribution in [0.25, 0.3) is 5.76 Å². The molecule has 2 unspecified atom stereocenters. The van der Waals surface area contributed by atoms with Crippen LogP contribution < -0.4 is 9.47 Å². The summed E-state index contributed by atoms with van der Waals surface area (Å²) in [6, 6.07) is 13.8. The van der Waals surface area contributed by atoms with Crippen LogP contribution >= 0.6 is 27.7 Å². The Morgan fingerprint density at radius 1 is 1.17 bits per heavy atom. The fourth-order valence-electron chi connectivity index (χ4n) is 3.50. The number of thioether (sulfide) groups is 1. The van der Waals surface area contributed by atoms with E-state index >= 15 is 0 Å². The zero-order valence-electron chi connectivity index (χ0n) is 15.8. The Kier molecular flexibility index (Phi) is 6.01. The van der Waals surface area contributed by atoms with Crippen LogP contribution in [0.1, 0.15) is 29.9 Å². The van der Waals surface area contributed by atoms with E-state index in [1.165, 1.54) is 0 Å². The number of nitrogens with zero attached hydrogens (tertiary/aromatic N) is 1. The van der Waals surface area contributed by atoms with Gasteiger partial charge in [-0.25, -0.2) is 0 Å². The molecular formula is C21H20BrNO5S. The Bertz CT molecular complexity index is 947. The molecule has 2 aliphatic heterocycles. The van der Waals surface area contributed by atoms with Crippen molar-refractivity contribution in [2.24, 2.45) is 0 Å². The van der Waals surface area contributed by atoms with E-state index in [4.69, 9.17) is 14.2 Å². The molecule has 2 atom stereocenters. The van der Waals surface area contributed by atoms with Crippen LogP contribution in [0.4, 0.5) is 0 Å². The highest BCUT2D eigenvalue weighted by Crippen LogP contribution is 2.55. The van der Waals surface area contributed by atoms with Gasteiger partial charge in [-0.2, -0.15) is 0 Å². The summed E-state index contributed by atoms with van der Waals surface area (Å²) in [6.07, 6.45) is 0.938. The number of rotatable bonds is 8. The van der Waals surface area contributed by atoms with E-state index in [0.717, 1.165) is 49.9 Å². The van der Waals surface area contributed by atoms with Gasteiger partial charge in [0.05, 0.1) is 13.0 Å². The zero-order chi connectivity index (χ0) is 20.4. The summed E-state index contributed by atoms with van der Waals surface area (Å²) in [6.45, 7) is 0.00741. The first-order valence-electron chi connectivity index (χ1n) is 9.33. The average molecular weight is 478 g/mol. The lowest BCUT2D eigenvalue weighted by atomic mass is 9.99. The molecular weight excluding hydrogens is 458 g/mol. The lowest BCUT2D eigenvalue weighted by Gasteiger charge is -2.12. The van der Waals surface area contributed by atoms with Gasteiger partial charge in [0.2, 0.25) is 6.54 Å². The number of methoxy groups -OCH3 is 1. The first-order valence-corrected chi connectivity index (χ1v) is 11.1. The van der Waals surface area contributed by atoms with Crippen molar-refractivity contribution in [2.45, 2.75) is 25.0 Å². The molecule has 4 rings (SSSR count). The molecule has 0 spiro atoms. The molecule has 0 amide bonds. The van der Waals surface area contributed by atoms with Crippen LogP contribution in [0.5, 0.6) is 11.5 Å². The highest BCUT2D eigenvalue weighted by atomic mass is 79.9. The fourth-order valence-corrected chi connectivity index (χ4v) is 5.05. The van der Waals surface area contributed by atoms with Crippen molar-refractivity contribution in [3.8, 4) is 11.5 Å². The lowest BCUT2D eigenvalue weighted by molar-refractivity contribution is -0.480. The first kappa shape index (κ1) is 20.1. The van der Waals surface area contributed by atoms with Crippen LogP contribution in [-0.4, -0.2) is 30.6 Å². The monoisotopic (exact) mass is 477 g/mol. The molecule has 0 N–H and O–H groups in total. The summed E-state index contributed by atoms with van der Waals surface area (Å²) in [5.74, 6) is 3.14. The normalized spacial score (nSPS) is 19.4. The Morgan fingerprint density at radius 3 is 2.69 bits per heavy atom.